The number of ether oxygens (including phenoxy) is 6. The molecule has 0 spiro atoms. The van der Waals surface area contributed by atoms with Crippen molar-refractivity contribution in [1.29, 1.82) is 0 Å². The summed E-state index contributed by atoms with van der Waals surface area (Å²) in [6.07, 6.45) is 9.69. The Hall–Kier alpha value is -4.38. The zero-order valence-electron chi connectivity index (χ0n) is 30.2. The average molecular weight is 713 g/mol. The Balaban J connectivity index is 1.25. The zero-order chi connectivity index (χ0) is 36.0. The van der Waals surface area contributed by atoms with Gasteiger partial charge in [-0.25, -0.2) is 0 Å². The number of fused-ring (bicyclic) bond motifs is 2. The van der Waals surface area contributed by atoms with E-state index in [1.54, 1.807) is 26.4 Å². The predicted octanol–water partition coefficient (Wildman–Crippen LogP) is 6.64. The number of aromatic hydroxyl groups is 1. The van der Waals surface area contributed by atoms with Gasteiger partial charge in [0.2, 0.25) is 0 Å². The van der Waals surface area contributed by atoms with Crippen LogP contribution >= 0.6 is 0 Å². The number of methoxy groups -OCH3 is 2. The van der Waals surface area contributed by atoms with Crippen LogP contribution in [0.15, 0.2) is 78.1 Å². The number of phenols is 1. The minimum absolute atomic E-state index is 0.144. The number of benzene rings is 3. The first-order chi connectivity index (χ1) is 25.4. The Morgan fingerprint density at radius 1 is 0.981 bits per heavy atom. The van der Waals surface area contributed by atoms with Crippen LogP contribution in [0.4, 0.5) is 0 Å². The van der Waals surface area contributed by atoms with E-state index in [1.807, 2.05) is 48.5 Å². The molecule has 7 rings (SSSR count). The van der Waals surface area contributed by atoms with Crippen molar-refractivity contribution in [1.82, 2.24) is 5.32 Å². The Morgan fingerprint density at radius 3 is 2.62 bits per heavy atom. The summed E-state index contributed by atoms with van der Waals surface area (Å²) in [6, 6.07) is 17.1. The van der Waals surface area contributed by atoms with E-state index in [4.69, 9.17) is 34.2 Å². The fourth-order valence-corrected chi connectivity index (χ4v) is 8.28. The molecule has 0 aromatic heterocycles. The molecule has 0 amide bonds. The van der Waals surface area contributed by atoms with Crippen molar-refractivity contribution in [3.63, 3.8) is 0 Å². The maximum Gasteiger partial charge on any atom is 0.128 e. The van der Waals surface area contributed by atoms with Gasteiger partial charge in [0.1, 0.15) is 34.9 Å². The molecule has 3 aromatic carbocycles. The van der Waals surface area contributed by atoms with Crippen LogP contribution in [0.5, 0.6) is 28.7 Å². The van der Waals surface area contributed by atoms with Crippen molar-refractivity contribution >= 4 is 0 Å². The number of rotatable bonds is 14. The highest BCUT2D eigenvalue weighted by Gasteiger charge is 2.48. The molecule has 3 aliphatic heterocycles. The maximum atomic E-state index is 12.5. The largest absolute Gasteiger partial charge is 0.508 e. The van der Waals surface area contributed by atoms with Crippen LogP contribution in [-0.2, 0) is 15.9 Å². The van der Waals surface area contributed by atoms with Crippen LogP contribution in [0, 0.1) is 11.8 Å². The summed E-state index contributed by atoms with van der Waals surface area (Å²) in [5, 5.41) is 25.9. The molecule has 1 saturated carbocycles. The molecule has 3 heterocycles. The second-order valence-electron chi connectivity index (χ2n) is 14.4. The number of aliphatic hydroxyl groups excluding tert-OH is 1. The van der Waals surface area contributed by atoms with Crippen LogP contribution < -0.4 is 30.0 Å². The molecule has 1 fully saturated rings. The van der Waals surface area contributed by atoms with E-state index in [1.165, 1.54) is 0 Å². The van der Waals surface area contributed by atoms with Gasteiger partial charge in [0, 0.05) is 55.2 Å². The van der Waals surface area contributed by atoms with Crippen molar-refractivity contribution in [2.45, 2.75) is 75.8 Å². The summed E-state index contributed by atoms with van der Waals surface area (Å²) in [4.78, 5) is 0. The second-order valence-corrected chi connectivity index (χ2v) is 14.4. The van der Waals surface area contributed by atoms with Gasteiger partial charge in [-0.3, -0.25) is 0 Å². The first-order valence-electron chi connectivity index (χ1n) is 18.7. The van der Waals surface area contributed by atoms with Crippen LogP contribution in [0.2, 0.25) is 0 Å². The third-order valence-corrected chi connectivity index (χ3v) is 10.8. The van der Waals surface area contributed by atoms with Gasteiger partial charge in [0.15, 0.2) is 0 Å². The summed E-state index contributed by atoms with van der Waals surface area (Å²) in [5.74, 6) is 3.08. The molecule has 278 valence electrons. The molecule has 10 heteroatoms. The molecule has 3 aromatic rings. The quantitative estimate of drug-likeness (QED) is 0.135. The van der Waals surface area contributed by atoms with Crippen molar-refractivity contribution in [3.05, 3.63) is 100 Å². The van der Waals surface area contributed by atoms with Crippen LogP contribution in [0.3, 0.4) is 0 Å². The lowest BCUT2D eigenvalue weighted by Gasteiger charge is -2.46. The van der Waals surface area contributed by atoms with Gasteiger partial charge < -0.3 is 49.7 Å². The highest BCUT2D eigenvalue weighted by molar-refractivity contribution is 5.52. The Bertz CT molecular complexity index is 1750. The molecular formula is C42H52N2O8. The Labute approximate surface area is 306 Å². The number of nitrogens with one attached hydrogen (secondary N) is 1. The van der Waals surface area contributed by atoms with E-state index in [9.17, 15) is 10.2 Å². The fraction of sp³-hybridized carbons (Fsp3) is 0.476. The summed E-state index contributed by atoms with van der Waals surface area (Å²) in [7, 11) is 3.36. The number of hydrogen-bond acceptors (Lipinski definition) is 10. The summed E-state index contributed by atoms with van der Waals surface area (Å²) in [6.45, 7) is 2.00. The van der Waals surface area contributed by atoms with Gasteiger partial charge in [-0.2, -0.15) is 0 Å². The summed E-state index contributed by atoms with van der Waals surface area (Å²) in [5.41, 5.74) is 10.6. The zero-order valence-corrected chi connectivity index (χ0v) is 30.2. The minimum atomic E-state index is -0.884. The van der Waals surface area contributed by atoms with E-state index < -0.39 is 12.2 Å². The van der Waals surface area contributed by atoms with Gasteiger partial charge in [0.05, 0.1) is 44.5 Å². The SMILES string of the molecule is COCCC[C@H]1Oc2ccc(OC)cc2[C@H](OCCC2=CCNC(N)=C2)[C@@H]1[C@H]1COc2c(Cc3cccc(O)c3)cc(OC3CCCC3)cc2[C@H]1O. The van der Waals surface area contributed by atoms with E-state index in [-0.39, 0.29) is 36.4 Å². The fourth-order valence-electron chi connectivity index (χ4n) is 8.28. The van der Waals surface area contributed by atoms with Gasteiger partial charge in [-0.05, 0) is 105 Å². The highest BCUT2D eigenvalue weighted by atomic mass is 16.5. The molecule has 5 N–H and O–H groups in total. The highest BCUT2D eigenvalue weighted by Crippen LogP contribution is 2.52. The van der Waals surface area contributed by atoms with E-state index in [2.05, 4.69) is 11.4 Å². The number of hydrogen-bond donors (Lipinski definition) is 4. The molecule has 0 radical (unpaired) electrons. The van der Waals surface area contributed by atoms with Crippen molar-refractivity contribution in [2.24, 2.45) is 17.6 Å². The van der Waals surface area contributed by atoms with Gasteiger partial charge in [-0.15, -0.1) is 0 Å². The number of dihydropyridines is 1. The normalized spacial score (nSPS) is 24.0. The van der Waals surface area contributed by atoms with Crippen molar-refractivity contribution < 1.29 is 38.6 Å². The van der Waals surface area contributed by atoms with Crippen molar-refractivity contribution in [3.8, 4) is 28.7 Å². The third kappa shape index (κ3) is 8.14. The lowest BCUT2D eigenvalue weighted by molar-refractivity contribution is -0.112. The number of nitrogens with two attached hydrogens (primary N) is 1. The number of phenolic OH excluding ortho intramolecular Hbond substituents is 1. The molecule has 10 nitrogen and oxygen atoms in total. The monoisotopic (exact) mass is 712 g/mol. The molecular weight excluding hydrogens is 660 g/mol. The standard InChI is InChI=1S/C42H52N2O8/c1-47-17-6-11-37-39(42(33-23-31(48-2)12-13-36(33)52-37)49-18-15-26-14-16-44-38(43)21-26)35-25-50-41-28(19-27-7-5-8-29(45)20-27)22-32(24-34(41)40(35)46)51-30-9-3-4-10-30/h5,7-8,12-14,20-24,30,35,37,39-40,42,44-46H,3-4,6,9-11,15-19,25,43H2,1-2H3/t35-,37-,39-,40-,42+/m1/s1. The summed E-state index contributed by atoms with van der Waals surface area (Å²) >= 11 is 0. The second kappa shape index (κ2) is 16.5. The molecule has 4 aliphatic rings. The molecule has 52 heavy (non-hydrogen) atoms. The van der Waals surface area contributed by atoms with Crippen molar-refractivity contribution in [2.75, 3.05) is 40.6 Å². The van der Waals surface area contributed by atoms with Crippen LogP contribution in [-0.4, -0.2) is 63.0 Å². The van der Waals surface area contributed by atoms with E-state index in [0.717, 1.165) is 65.9 Å². The Kier molecular flexibility index (Phi) is 11.4. The Morgan fingerprint density at radius 2 is 1.83 bits per heavy atom. The molecule has 1 aliphatic carbocycles. The molecule has 5 atom stereocenters. The molecule has 0 unspecified atom stereocenters. The first-order valence-corrected chi connectivity index (χ1v) is 18.7. The lowest BCUT2D eigenvalue weighted by Crippen LogP contribution is -2.46. The van der Waals surface area contributed by atoms with E-state index in [0.29, 0.717) is 61.9 Å². The predicted molar refractivity (Wildman–Crippen MR) is 198 cm³/mol. The summed E-state index contributed by atoms with van der Waals surface area (Å²) < 4.78 is 38.1. The third-order valence-electron chi connectivity index (χ3n) is 10.8. The smallest absolute Gasteiger partial charge is 0.128 e. The molecule has 0 bridgehead atoms. The maximum absolute atomic E-state index is 12.5. The van der Waals surface area contributed by atoms with Gasteiger partial charge >= 0.3 is 0 Å². The topological polar surface area (TPSA) is 134 Å². The number of aliphatic hydroxyl groups is 1. The van der Waals surface area contributed by atoms with Crippen LogP contribution in [0.1, 0.15) is 79.4 Å². The number of allylic oxidation sites excluding steroid dienone is 1. The molecule has 0 saturated heterocycles. The average Bonchev–Trinajstić information content (AvgIpc) is 3.65. The van der Waals surface area contributed by atoms with E-state index >= 15 is 0 Å². The van der Waals surface area contributed by atoms with Gasteiger partial charge in [0.25, 0.3) is 0 Å². The van der Waals surface area contributed by atoms with Gasteiger partial charge in [-0.1, -0.05) is 18.2 Å². The lowest BCUT2D eigenvalue weighted by atomic mass is 9.72. The van der Waals surface area contributed by atoms with Crippen LogP contribution in [0.25, 0.3) is 0 Å². The first kappa shape index (κ1) is 36.0. The minimum Gasteiger partial charge on any atom is -0.508 e.